The molecule has 1 aliphatic heterocycles. The Balaban J connectivity index is 1.56. The predicted octanol–water partition coefficient (Wildman–Crippen LogP) is 4.41. The van der Waals surface area contributed by atoms with E-state index in [1.165, 1.54) is 77.7 Å². The first-order chi connectivity index (χ1) is 11.6. The normalized spacial score (nSPS) is 29.5. The van der Waals surface area contributed by atoms with E-state index in [1.54, 1.807) is 0 Å². The Labute approximate surface area is 151 Å². The molecule has 0 aromatic carbocycles. The molecular weight excluding hydrogens is 296 g/mol. The van der Waals surface area contributed by atoms with Crippen molar-refractivity contribution in [3.05, 3.63) is 0 Å². The molecule has 2 atom stereocenters. The second-order valence-electron chi connectivity index (χ2n) is 8.36. The molecule has 1 saturated carbocycles. The lowest BCUT2D eigenvalue weighted by atomic mass is 9.81. The maximum atomic E-state index is 5.79. The van der Waals surface area contributed by atoms with Crippen molar-refractivity contribution in [2.75, 3.05) is 39.3 Å². The number of hydrogen-bond acceptors (Lipinski definition) is 3. The van der Waals surface area contributed by atoms with E-state index in [-0.39, 0.29) is 0 Å². The van der Waals surface area contributed by atoms with Gasteiger partial charge in [0.15, 0.2) is 0 Å². The third-order valence-corrected chi connectivity index (χ3v) is 6.49. The van der Waals surface area contributed by atoms with E-state index >= 15 is 0 Å². The molecule has 1 saturated heterocycles. The van der Waals surface area contributed by atoms with Crippen molar-refractivity contribution in [3.63, 3.8) is 0 Å². The second-order valence-corrected chi connectivity index (χ2v) is 8.36. The molecule has 2 rings (SSSR count). The molecule has 1 aliphatic carbocycles. The van der Waals surface area contributed by atoms with Gasteiger partial charge in [0.25, 0.3) is 0 Å². The molecule has 3 nitrogen and oxygen atoms in total. The molecule has 0 N–H and O–H groups in total. The van der Waals surface area contributed by atoms with Gasteiger partial charge in [-0.3, -0.25) is 4.90 Å². The smallest absolute Gasteiger partial charge is 0.0575 e. The fourth-order valence-electron chi connectivity index (χ4n) is 4.55. The van der Waals surface area contributed by atoms with Crippen molar-refractivity contribution in [3.8, 4) is 0 Å². The lowest BCUT2D eigenvalue weighted by Gasteiger charge is -2.38. The largest absolute Gasteiger partial charge is 0.379 e. The molecule has 24 heavy (non-hydrogen) atoms. The van der Waals surface area contributed by atoms with Crippen molar-refractivity contribution < 1.29 is 4.74 Å². The van der Waals surface area contributed by atoms with Crippen LogP contribution in [0.15, 0.2) is 0 Å². The van der Waals surface area contributed by atoms with Gasteiger partial charge in [-0.25, -0.2) is 0 Å². The van der Waals surface area contributed by atoms with Crippen LogP contribution in [0.25, 0.3) is 0 Å². The maximum absolute atomic E-state index is 5.79. The SMILES string of the molecule is CCOC1CCC(C[C@@H](C)CCN2CCN(C(C)CC)CC2)CC1. The van der Waals surface area contributed by atoms with Crippen LogP contribution in [-0.4, -0.2) is 61.3 Å². The van der Waals surface area contributed by atoms with Crippen LogP contribution in [0, 0.1) is 11.8 Å². The summed E-state index contributed by atoms with van der Waals surface area (Å²) < 4.78 is 5.79. The third-order valence-electron chi connectivity index (χ3n) is 6.49. The van der Waals surface area contributed by atoms with Crippen LogP contribution in [0.3, 0.4) is 0 Å². The average molecular weight is 339 g/mol. The van der Waals surface area contributed by atoms with E-state index < -0.39 is 0 Å². The third kappa shape index (κ3) is 6.65. The molecule has 142 valence electrons. The van der Waals surface area contributed by atoms with Gasteiger partial charge >= 0.3 is 0 Å². The average Bonchev–Trinajstić information content (AvgIpc) is 2.61. The number of piperazine rings is 1. The zero-order valence-corrected chi connectivity index (χ0v) is 16.8. The van der Waals surface area contributed by atoms with Gasteiger partial charge in [0.05, 0.1) is 6.10 Å². The Kier molecular flexibility index (Phi) is 9.07. The van der Waals surface area contributed by atoms with Crippen molar-refractivity contribution in [1.29, 1.82) is 0 Å². The quantitative estimate of drug-likeness (QED) is 0.619. The topological polar surface area (TPSA) is 15.7 Å². The molecule has 0 amide bonds. The standard InChI is InChI=1S/C21H42N2O/c1-5-19(4)23-15-13-22(14-16-23)12-11-18(3)17-20-7-9-21(10-8-20)24-6-2/h18-21H,5-17H2,1-4H3/t18-,19?,20?,21?/m0/s1. The minimum atomic E-state index is 0.559. The Bertz CT molecular complexity index is 320. The summed E-state index contributed by atoms with van der Waals surface area (Å²) in [6, 6.07) is 0.762. The highest BCUT2D eigenvalue weighted by molar-refractivity contribution is 4.77. The van der Waals surface area contributed by atoms with Gasteiger partial charge in [0.1, 0.15) is 0 Å². The molecule has 0 spiro atoms. The van der Waals surface area contributed by atoms with Gasteiger partial charge in [-0.2, -0.15) is 0 Å². The van der Waals surface area contributed by atoms with E-state index in [0.29, 0.717) is 6.10 Å². The molecule has 0 aromatic rings. The fourth-order valence-corrected chi connectivity index (χ4v) is 4.55. The van der Waals surface area contributed by atoms with Crippen molar-refractivity contribution in [2.45, 2.75) is 84.8 Å². The zero-order valence-electron chi connectivity index (χ0n) is 16.8. The molecule has 1 heterocycles. The summed E-state index contributed by atoms with van der Waals surface area (Å²) in [5, 5.41) is 0. The summed E-state index contributed by atoms with van der Waals surface area (Å²) >= 11 is 0. The minimum absolute atomic E-state index is 0.559. The van der Waals surface area contributed by atoms with Crippen LogP contribution in [0.4, 0.5) is 0 Å². The number of hydrogen-bond donors (Lipinski definition) is 0. The Morgan fingerprint density at radius 1 is 0.958 bits per heavy atom. The molecule has 0 aromatic heterocycles. The van der Waals surface area contributed by atoms with Crippen molar-refractivity contribution >= 4 is 0 Å². The van der Waals surface area contributed by atoms with E-state index in [4.69, 9.17) is 4.74 Å². The first-order valence-corrected chi connectivity index (χ1v) is 10.7. The highest BCUT2D eigenvalue weighted by Gasteiger charge is 2.24. The molecule has 3 heteroatoms. The van der Waals surface area contributed by atoms with Gasteiger partial charge in [0.2, 0.25) is 0 Å². The first-order valence-electron chi connectivity index (χ1n) is 10.7. The maximum Gasteiger partial charge on any atom is 0.0575 e. The Morgan fingerprint density at radius 3 is 2.21 bits per heavy atom. The van der Waals surface area contributed by atoms with Gasteiger partial charge < -0.3 is 9.64 Å². The summed E-state index contributed by atoms with van der Waals surface area (Å²) in [6.45, 7) is 16.6. The van der Waals surface area contributed by atoms with Gasteiger partial charge in [-0.05, 0) is 77.2 Å². The lowest BCUT2D eigenvalue weighted by molar-refractivity contribution is 0.0227. The van der Waals surface area contributed by atoms with Crippen LogP contribution in [0.5, 0.6) is 0 Å². The monoisotopic (exact) mass is 338 g/mol. The van der Waals surface area contributed by atoms with Crippen LogP contribution < -0.4 is 0 Å². The highest BCUT2D eigenvalue weighted by Crippen LogP contribution is 2.31. The predicted molar refractivity (Wildman–Crippen MR) is 104 cm³/mol. The molecule has 1 unspecified atom stereocenters. The summed E-state index contributed by atoms with van der Waals surface area (Å²) in [5.74, 6) is 1.84. The highest BCUT2D eigenvalue weighted by atomic mass is 16.5. The Hall–Kier alpha value is -0.120. The molecule has 2 aliphatic rings. The van der Waals surface area contributed by atoms with E-state index in [9.17, 15) is 0 Å². The Morgan fingerprint density at radius 2 is 1.62 bits per heavy atom. The lowest BCUT2D eigenvalue weighted by Crippen LogP contribution is -2.49. The van der Waals surface area contributed by atoms with Gasteiger partial charge in [-0.15, -0.1) is 0 Å². The fraction of sp³-hybridized carbons (Fsp3) is 1.00. The number of nitrogens with zero attached hydrogens (tertiary/aromatic N) is 2. The number of ether oxygens (including phenoxy) is 1. The summed E-state index contributed by atoms with van der Waals surface area (Å²) in [7, 11) is 0. The van der Waals surface area contributed by atoms with Crippen LogP contribution in [-0.2, 0) is 4.74 Å². The van der Waals surface area contributed by atoms with Crippen LogP contribution in [0.1, 0.15) is 72.6 Å². The van der Waals surface area contributed by atoms with Crippen molar-refractivity contribution in [2.24, 2.45) is 11.8 Å². The van der Waals surface area contributed by atoms with E-state index in [2.05, 4.69) is 37.5 Å². The van der Waals surface area contributed by atoms with Gasteiger partial charge in [-0.1, -0.05) is 13.8 Å². The van der Waals surface area contributed by atoms with E-state index in [1.807, 2.05) is 0 Å². The van der Waals surface area contributed by atoms with E-state index in [0.717, 1.165) is 24.5 Å². The van der Waals surface area contributed by atoms with Crippen molar-refractivity contribution in [1.82, 2.24) is 9.80 Å². The minimum Gasteiger partial charge on any atom is -0.379 e. The van der Waals surface area contributed by atoms with Gasteiger partial charge in [0, 0.05) is 38.8 Å². The summed E-state index contributed by atoms with van der Waals surface area (Å²) in [5.41, 5.74) is 0. The zero-order chi connectivity index (χ0) is 17.4. The molecule has 0 radical (unpaired) electrons. The molecular formula is C21H42N2O. The summed E-state index contributed by atoms with van der Waals surface area (Å²) in [4.78, 5) is 5.36. The van der Waals surface area contributed by atoms with Crippen LogP contribution >= 0.6 is 0 Å². The number of rotatable bonds is 9. The molecule has 2 fully saturated rings. The summed E-state index contributed by atoms with van der Waals surface area (Å²) in [6.07, 6.45) is 10.0. The molecule has 0 bridgehead atoms. The first kappa shape index (κ1) is 20.2. The second kappa shape index (κ2) is 10.8. The van der Waals surface area contributed by atoms with Crippen LogP contribution in [0.2, 0.25) is 0 Å².